The van der Waals surface area contributed by atoms with Gasteiger partial charge in [-0.15, -0.1) is 0 Å². The van der Waals surface area contributed by atoms with Gasteiger partial charge in [-0.25, -0.2) is 4.98 Å². The van der Waals surface area contributed by atoms with Crippen LogP contribution in [0.15, 0.2) is 55.0 Å². The Hall–Kier alpha value is -2.42. The lowest BCUT2D eigenvalue weighted by Crippen LogP contribution is -1.93. The number of aromatic nitrogens is 2. The molecule has 2 aromatic heterocycles. The smallest absolute Gasteiger partial charge is 0.130 e. The third-order valence-corrected chi connectivity index (χ3v) is 2.83. The van der Waals surface area contributed by atoms with Crippen LogP contribution in [0.2, 0.25) is 0 Å². The Kier molecular flexibility index (Phi) is 2.65. The zero-order valence-corrected chi connectivity index (χ0v) is 10.1. The summed E-state index contributed by atoms with van der Waals surface area (Å²) < 4.78 is 0. The molecule has 0 unspecified atom stereocenters. The first-order valence-electron chi connectivity index (χ1n) is 5.85. The summed E-state index contributed by atoms with van der Waals surface area (Å²) in [6.45, 7) is 2.05. The van der Waals surface area contributed by atoms with Crippen molar-refractivity contribution in [2.75, 3.05) is 5.32 Å². The van der Waals surface area contributed by atoms with Gasteiger partial charge in [0.25, 0.3) is 0 Å². The maximum absolute atomic E-state index is 4.29. The van der Waals surface area contributed by atoms with Crippen LogP contribution in [0.4, 0.5) is 11.5 Å². The van der Waals surface area contributed by atoms with Crippen LogP contribution in [0.1, 0.15) is 5.56 Å². The fourth-order valence-corrected chi connectivity index (χ4v) is 1.91. The normalized spacial score (nSPS) is 10.5. The second-order valence-electron chi connectivity index (χ2n) is 4.28. The van der Waals surface area contributed by atoms with Crippen molar-refractivity contribution in [2.24, 2.45) is 0 Å². The Morgan fingerprint density at radius 2 is 1.89 bits per heavy atom. The van der Waals surface area contributed by atoms with Crippen LogP contribution in [0, 0.1) is 6.92 Å². The van der Waals surface area contributed by atoms with Crippen molar-refractivity contribution < 1.29 is 0 Å². The fourth-order valence-electron chi connectivity index (χ4n) is 1.91. The highest BCUT2D eigenvalue weighted by Gasteiger charge is 1.98. The maximum Gasteiger partial charge on any atom is 0.130 e. The summed E-state index contributed by atoms with van der Waals surface area (Å²) in [5.41, 5.74) is 2.23. The molecular formula is C15H13N3. The zero-order chi connectivity index (χ0) is 12.4. The van der Waals surface area contributed by atoms with Crippen LogP contribution in [0.25, 0.3) is 10.8 Å². The lowest BCUT2D eigenvalue weighted by atomic mass is 10.1. The molecule has 0 fully saturated rings. The molecule has 0 radical (unpaired) electrons. The van der Waals surface area contributed by atoms with Crippen LogP contribution in [0.3, 0.4) is 0 Å². The molecule has 0 saturated carbocycles. The maximum atomic E-state index is 4.29. The van der Waals surface area contributed by atoms with Crippen molar-refractivity contribution in [1.82, 2.24) is 9.97 Å². The summed E-state index contributed by atoms with van der Waals surface area (Å²) in [7, 11) is 0. The van der Waals surface area contributed by atoms with Crippen LogP contribution in [-0.4, -0.2) is 9.97 Å². The first-order chi connectivity index (χ1) is 8.81. The molecule has 0 aliphatic carbocycles. The summed E-state index contributed by atoms with van der Waals surface area (Å²) in [4.78, 5) is 8.40. The number of nitrogens with zero attached hydrogens (tertiary/aromatic N) is 2. The van der Waals surface area contributed by atoms with E-state index >= 15 is 0 Å². The average molecular weight is 235 g/mol. The summed E-state index contributed by atoms with van der Waals surface area (Å²) >= 11 is 0. The van der Waals surface area contributed by atoms with Gasteiger partial charge in [0.1, 0.15) is 5.82 Å². The van der Waals surface area contributed by atoms with Crippen LogP contribution < -0.4 is 5.32 Å². The highest BCUT2D eigenvalue weighted by atomic mass is 15.0. The Morgan fingerprint density at radius 3 is 2.78 bits per heavy atom. The molecule has 2 heterocycles. The molecule has 0 atom stereocenters. The van der Waals surface area contributed by atoms with E-state index in [4.69, 9.17) is 0 Å². The van der Waals surface area contributed by atoms with Gasteiger partial charge in [0, 0.05) is 29.7 Å². The summed E-state index contributed by atoms with van der Waals surface area (Å²) in [5, 5.41) is 5.61. The number of pyridine rings is 2. The second kappa shape index (κ2) is 4.45. The number of aryl methyl sites for hydroxylation is 1. The van der Waals surface area contributed by atoms with Crippen LogP contribution >= 0.6 is 0 Å². The molecular weight excluding hydrogens is 222 g/mol. The van der Waals surface area contributed by atoms with E-state index in [9.17, 15) is 0 Å². The average Bonchev–Trinajstić information content (AvgIpc) is 2.39. The van der Waals surface area contributed by atoms with Crippen LogP contribution in [-0.2, 0) is 0 Å². The Labute approximate surface area is 106 Å². The van der Waals surface area contributed by atoms with E-state index in [1.54, 1.807) is 6.20 Å². The predicted molar refractivity (Wildman–Crippen MR) is 74.0 cm³/mol. The van der Waals surface area contributed by atoms with Gasteiger partial charge in [-0.05, 0) is 48.2 Å². The molecule has 18 heavy (non-hydrogen) atoms. The topological polar surface area (TPSA) is 37.8 Å². The van der Waals surface area contributed by atoms with E-state index in [0.29, 0.717) is 0 Å². The number of fused-ring (bicyclic) bond motifs is 1. The Morgan fingerprint density at radius 1 is 0.944 bits per heavy atom. The lowest BCUT2D eigenvalue weighted by molar-refractivity contribution is 1.27. The molecule has 3 aromatic rings. The van der Waals surface area contributed by atoms with Crippen molar-refractivity contribution in [3.63, 3.8) is 0 Å². The quantitative estimate of drug-likeness (QED) is 0.736. The minimum Gasteiger partial charge on any atom is -0.340 e. The second-order valence-corrected chi connectivity index (χ2v) is 4.28. The Balaban J connectivity index is 1.95. The highest BCUT2D eigenvalue weighted by Crippen LogP contribution is 2.20. The number of hydrogen-bond donors (Lipinski definition) is 1. The fraction of sp³-hybridized carbons (Fsp3) is 0.0667. The number of hydrogen-bond acceptors (Lipinski definition) is 3. The van der Waals surface area contributed by atoms with Crippen molar-refractivity contribution >= 4 is 22.3 Å². The molecule has 0 amide bonds. The Bertz CT molecular complexity index is 692. The monoisotopic (exact) mass is 235 g/mol. The largest absolute Gasteiger partial charge is 0.340 e. The van der Waals surface area contributed by atoms with Crippen molar-refractivity contribution in [3.8, 4) is 0 Å². The van der Waals surface area contributed by atoms with Gasteiger partial charge < -0.3 is 5.32 Å². The van der Waals surface area contributed by atoms with Gasteiger partial charge in [-0.3, -0.25) is 4.98 Å². The molecule has 0 saturated heterocycles. The molecule has 0 aliphatic rings. The SMILES string of the molecule is Cc1ccnc(Nc2ccc3cnccc3c2)c1. The van der Waals surface area contributed by atoms with Gasteiger partial charge in [0.05, 0.1) is 0 Å². The summed E-state index contributed by atoms with van der Waals surface area (Å²) in [6.07, 6.45) is 5.48. The van der Waals surface area contributed by atoms with Crippen molar-refractivity contribution in [2.45, 2.75) is 6.92 Å². The van der Waals surface area contributed by atoms with E-state index < -0.39 is 0 Å². The van der Waals surface area contributed by atoms with Crippen molar-refractivity contribution in [3.05, 3.63) is 60.6 Å². The summed E-state index contributed by atoms with van der Waals surface area (Å²) in [6, 6.07) is 12.2. The third kappa shape index (κ3) is 2.15. The first-order valence-corrected chi connectivity index (χ1v) is 5.85. The van der Waals surface area contributed by atoms with E-state index in [-0.39, 0.29) is 0 Å². The van der Waals surface area contributed by atoms with E-state index in [0.717, 1.165) is 16.9 Å². The molecule has 0 aliphatic heterocycles. The van der Waals surface area contributed by atoms with E-state index in [2.05, 4.69) is 34.3 Å². The van der Waals surface area contributed by atoms with Gasteiger partial charge >= 0.3 is 0 Å². The predicted octanol–water partition coefficient (Wildman–Crippen LogP) is 3.68. The van der Waals surface area contributed by atoms with E-state index in [1.165, 1.54) is 10.9 Å². The highest BCUT2D eigenvalue weighted by molar-refractivity contribution is 5.85. The lowest BCUT2D eigenvalue weighted by Gasteiger charge is -2.07. The molecule has 1 aromatic carbocycles. The molecule has 3 heteroatoms. The number of anilines is 2. The van der Waals surface area contributed by atoms with E-state index in [1.807, 2.05) is 36.7 Å². The minimum atomic E-state index is 0.864. The van der Waals surface area contributed by atoms with Crippen LogP contribution in [0.5, 0.6) is 0 Å². The van der Waals surface area contributed by atoms with Gasteiger partial charge in [0.2, 0.25) is 0 Å². The molecule has 0 bridgehead atoms. The molecule has 3 nitrogen and oxygen atoms in total. The number of benzene rings is 1. The molecule has 3 rings (SSSR count). The number of nitrogens with one attached hydrogen (secondary N) is 1. The standard InChI is InChI=1S/C15H13N3/c1-11-4-7-17-15(8-11)18-14-3-2-13-10-16-6-5-12(13)9-14/h2-10H,1H3,(H,17,18). The summed E-state index contributed by atoms with van der Waals surface area (Å²) in [5.74, 6) is 0.864. The zero-order valence-electron chi connectivity index (χ0n) is 10.1. The third-order valence-electron chi connectivity index (χ3n) is 2.83. The molecule has 0 spiro atoms. The first kappa shape index (κ1) is 10.7. The minimum absolute atomic E-state index is 0.864. The number of rotatable bonds is 2. The van der Waals surface area contributed by atoms with Gasteiger partial charge in [-0.1, -0.05) is 6.07 Å². The van der Waals surface area contributed by atoms with Crippen molar-refractivity contribution in [1.29, 1.82) is 0 Å². The molecule has 88 valence electrons. The van der Waals surface area contributed by atoms with Gasteiger partial charge in [0.15, 0.2) is 0 Å². The van der Waals surface area contributed by atoms with Gasteiger partial charge in [-0.2, -0.15) is 0 Å². The molecule has 1 N–H and O–H groups in total.